The molecule has 48 valence electrons. The molecule has 4 nitrogen and oxygen atoms in total. The number of carbonyl (C=O) groups is 1. The summed E-state index contributed by atoms with van der Waals surface area (Å²) in [5, 5.41) is 0.736. The van der Waals surface area contributed by atoms with Crippen molar-refractivity contribution in [3.8, 4) is 0 Å². The summed E-state index contributed by atoms with van der Waals surface area (Å²) in [6, 6.07) is 0. The molecule has 0 unspecified atom stereocenters. The van der Waals surface area contributed by atoms with Crippen LogP contribution in [0.3, 0.4) is 0 Å². The zero-order valence-electron chi connectivity index (χ0n) is 4.97. The maximum Gasteiger partial charge on any atom is 0.392 e. The Labute approximate surface area is 48.2 Å². The molecule has 1 amide bonds. The van der Waals surface area contributed by atoms with Crippen molar-refractivity contribution >= 4 is 6.09 Å². The van der Waals surface area contributed by atoms with E-state index in [4.69, 9.17) is 5.84 Å². The van der Waals surface area contributed by atoms with E-state index in [-0.39, 0.29) is 0 Å². The summed E-state index contributed by atoms with van der Waals surface area (Å²) in [6.45, 7) is 2.05. The molecule has 1 N–H and O–H groups in total. The Morgan fingerprint density at radius 2 is 2.38 bits per heavy atom. The third kappa shape index (κ3) is 1.79. The second kappa shape index (κ2) is 3.26. The van der Waals surface area contributed by atoms with Gasteiger partial charge in [0.25, 0.3) is 0 Å². The van der Waals surface area contributed by atoms with Gasteiger partial charge < -0.3 is 15.6 Å². The number of nitrogens with one attached hydrogen (secondary N) is 1. The first kappa shape index (κ1) is 7.23. The maximum atomic E-state index is 10.3. The molecular formula is C4H9N2O2-. The summed E-state index contributed by atoms with van der Waals surface area (Å²) in [4.78, 5) is 10.3. The minimum absolute atomic E-state index is 0.354. The highest BCUT2D eigenvalue weighted by Crippen LogP contribution is 1.88. The second-order valence-electron chi connectivity index (χ2n) is 1.21. The van der Waals surface area contributed by atoms with Crippen LogP contribution in [-0.2, 0) is 4.74 Å². The Hall–Kier alpha value is -0.770. The molecule has 0 heterocycles. The van der Waals surface area contributed by atoms with E-state index in [0.29, 0.717) is 6.54 Å². The summed E-state index contributed by atoms with van der Waals surface area (Å²) in [5.74, 6) is 6.79. The lowest BCUT2D eigenvalue weighted by Crippen LogP contribution is -2.22. The zero-order valence-corrected chi connectivity index (χ0v) is 4.97. The fourth-order valence-corrected chi connectivity index (χ4v) is 0.239. The fraction of sp³-hybridized carbons (Fsp3) is 0.750. The van der Waals surface area contributed by atoms with E-state index >= 15 is 0 Å². The predicted octanol–water partition coefficient (Wildman–Crippen LogP) is 1.04. The normalized spacial score (nSPS) is 8.38. The molecule has 0 spiro atoms. The lowest BCUT2D eigenvalue weighted by molar-refractivity contribution is 0.141. The van der Waals surface area contributed by atoms with Gasteiger partial charge in [-0.05, 0) is 6.92 Å². The second-order valence-corrected chi connectivity index (χ2v) is 1.21. The van der Waals surface area contributed by atoms with E-state index in [1.54, 1.807) is 6.92 Å². The fourth-order valence-electron chi connectivity index (χ4n) is 0.239. The number of ether oxygens (including phenoxy) is 1. The number of carbonyl (C=O) groups excluding carboxylic acids is 1. The summed E-state index contributed by atoms with van der Waals surface area (Å²) < 4.78 is 4.20. The summed E-state index contributed by atoms with van der Waals surface area (Å²) in [6.07, 6.45) is -0.618. The molecule has 0 aliphatic rings. The average Bonchev–Trinajstić information content (AvgIpc) is 1.84. The minimum Gasteiger partial charge on any atom is -0.578 e. The zero-order chi connectivity index (χ0) is 6.57. The van der Waals surface area contributed by atoms with Gasteiger partial charge in [0, 0.05) is 6.54 Å². The van der Waals surface area contributed by atoms with Gasteiger partial charge in [-0.25, -0.2) is 4.79 Å². The first-order valence-corrected chi connectivity index (χ1v) is 2.29. The highest BCUT2D eigenvalue weighted by Gasteiger charge is 1.95. The SMILES string of the molecule is CCN([NH-])C(=O)OC. The minimum atomic E-state index is -0.618. The van der Waals surface area contributed by atoms with Crippen molar-refractivity contribution in [1.29, 1.82) is 0 Å². The van der Waals surface area contributed by atoms with Crippen molar-refractivity contribution in [2.24, 2.45) is 0 Å². The first-order chi connectivity index (χ1) is 3.72. The van der Waals surface area contributed by atoms with E-state index in [9.17, 15) is 4.79 Å². The lowest BCUT2D eigenvalue weighted by atomic mass is 10.7. The standard InChI is InChI=1S/C4H9N2O2/c1-3-6(5)4(7)8-2/h5H,3H2,1-2H3/q-1. The Balaban J connectivity index is 3.46. The van der Waals surface area contributed by atoms with E-state index in [2.05, 4.69) is 4.74 Å². The van der Waals surface area contributed by atoms with Crippen LogP contribution in [0.15, 0.2) is 0 Å². The average molecular weight is 117 g/mol. The number of hydrogen-bond acceptors (Lipinski definition) is 2. The first-order valence-electron chi connectivity index (χ1n) is 2.29. The van der Waals surface area contributed by atoms with Crippen LogP contribution in [0, 0.1) is 0 Å². The van der Waals surface area contributed by atoms with E-state index in [0.717, 1.165) is 5.01 Å². The lowest BCUT2D eigenvalue weighted by Gasteiger charge is -2.21. The number of amides is 1. The number of hydrogen-bond donors (Lipinski definition) is 0. The highest BCUT2D eigenvalue weighted by molar-refractivity contribution is 5.67. The molecule has 0 fully saturated rings. The van der Waals surface area contributed by atoms with Crippen LogP contribution in [0.5, 0.6) is 0 Å². The van der Waals surface area contributed by atoms with Crippen LogP contribution < -0.4 is 0 Å². The van der Waals surface area contributed by atoms with Gasteiger partial charge in [0.2, 0.25) is 0 Å². The molecule has 0 aliphatic heterocycles. The van der Waals surface area contributed by atoms with Crippen molar-refractivity contribution in [3.05, 3.63) is 5.84 Å². The molecule has 0 saturated heterocycles. The molecule has 0 radical (unpaired) electrons. The molecule has 0 saturated carbocycles. The molecular weight excluding hydrogens is 108 g/mol. The highest BCUT2D eigenvalue weighted by atomic mass is 16.5. The summed E-state index contributed by atoms with van der Waals surface area (Å²) in [7, 11) is 1.25. The van der Waals surface area contributed by atoms with Crippen LogP contribution in [0.1, 0.15) is 6.92 Å². The number of rotatable bonds is 1. The van der Waals surface area contributed by atoms with Gasteiger partial charge in [0.05, 0.1) is 7.11 Å². The van der Waals surface area contributed by atoms with E-state index in [1.807, 2.05) is 0 Å². The van der Waals surface area contributed by atoms with Crippen LogP contribution in [0.25, 0.3) is 5.84 Å². The van der Waals surface area contributed by atoms with Gasteiger partial charge in [-0.2, -0.15) is 0 Å². The van der Waals surface area contributed by atoms with Gasteiger partial charge in [-0.1, -0.05) is 0 Å². The van der Waals surface area contributed by atoms with Crippen molar-refractivity contribution < 1.29 is 9.53 Å². The monoisotopic (exact) mass is 117 g/mol. The summed E-state index contributed by atoms with van der Waals surface area (Å²) >= 11 is 0. The number of methoxy groups -OCH3 is 1. The van der Waals surface area contributed by atoms with Gasteiger partial charge >= 0.3 is 6.09 Å². The Bertz CT molecular complexity index is 84.1. The van der Waals surface area contributed by atoms with E-state index in [1.165, 1.54) is 7.11 Å². The molecule has 0 aromatic carbocycles. The predicted molar refractivity (Wildman–Crippen MR) is 29.1 cm³/mol. The molecule has 0 atom stereocenters. The maximum absolute atomic E-state index is 10.3. The van der Waals surface area contributed by atoms with Crippen LogP contribution in [0.2, 0.25) is 0 Å². The smallest absolute Gasteiger partial charge is 0.392 e. The molecule has 0 aromatic rings. The molecule has 0 aliphatic carbocycles. The van der Waals surface area contributed by atoms with Gasteiger partial charge in [0.1, 0.15) is 0 Å². The molecule has 0 aromatic heterocycles. The molecule has 4 heteroatoms. The molecule has 0 rings (SSSR count). The van der Waals surface area contributed by atoms with Crippen LogP contribution in [-0.4, -0.2) is 24.8 Å². The van der Waals surface area contributed by atoms with Crippen LogP contribution >= 0.6 is 0 Å². The Kier molecular flexibility index (Phi) is 2.95. The van der Waals surface area contributed by atoms with E-state index < -0.39 is 6.09 Å². The third-order valence-corrected chi connectivity index (χ3v) is 0.711. The van der Waals surface area contributed by atoms with Crippen LogP contribution in [0.4, 0.5) is 4.79 Å². The van der Waals surface area contributed by atoms with Gasteiger partial charge in [-0.15, -0.1) is 0 Å². The van der Waals surface area contributed by atoms with Gasteiger partial charge in [-0.3, -0.25) is 0 Å². The number of nitrogens with zero attached hydrogens (tertiary/aromatic N) is 1. The van der Waals surface area contributed by atoms with Crippen molar-refractivity contribution in [2.75, 3.05) is 13.7 Å². The van der Waals surface area contributed by atoms with Crippen molar-refractivity contribution in [2.45, 2.75) is 6.92 Å². The Morgan fingerprint density at radius 3 is 2.50 bits per heavy atom. The van der Waals surface area contributed by atoms with Crippen molar-refractivity contribution in [1.82, 2.24) is 5.01 Å². The third-order valence-electron chi connectivity index (χ3n) is 0.711. The Morgan fingerprint density at radius 1 is 1.88 bits per heavy atom. The van der Waals surface area contributed by atoms with Crippen molar-refractivity contribution in [3.63, 3.8) is 0 Å². The topological polar surface area (TPSA) is 53.3 Å². The quantitative estimate of drug-likeness (QED) is 0.482. The molecule has 8 heavy (non-hydrogen) atoms. The largest absolute Gasteiger partial charge is 0.578 e. The summed E-state index contributed by atoms with van der Waals surface area (Å²) in [5.41, 5.74) is 0. The van der Waals surface area contributed by atoms with Gasteiger partial charge in [0.15, 0.2) is 0 Å². The molecule has 0 bridgehead atoms.